The number of aliphatic hydroxyl groups excluding tert-OH is 1. The molecule has 0 spiro atoms. The van der Waals surface area contributed by atoms with Crippen LogP contribution in [0.3, 0.4) is 0 Å². The van der Waals surface area contributed by atoms with Gasteiger partial charge in [0.2, 0.25) is 17.7 Å². The maximum Gasteiger partial charge on any atom is 0.255 e. The van der Waals surface area contributed by atoms with Gasteiger partial charge in [-0.15, -0.1) is 5.10 Å². The van der Waals surface area contributed by atoms with Crippen molar-refractivity contribution in [3.8, 4) is 5.69 Å². The Morgan fingerprint density at radius 1 is 1.12 bits per heavy atom. The van der Waals surface area contributed by atoms with Crippen molar-refractivity contribution >= 4 is 23.6 Å². The predicted octanol–water partition coefficient (Wildman–Crippen LogP) is -0.488. The van der Waals surface area contributed by atoms with Gasteiger partial charge in [0.05, 0.1) is 24.5 Å². The first-order valence-corrected chi connectivity index (χ1v) is 10.5. The Morgan fingerprint density at radius 2 is 1.97 bits per heavy atom. The van der Waals surface area contributed by atoms with E-state index in [1.807, 2.05) is 12.1 Å². The number of piperidine rings is 2. The summed E-state index contributed by atoms with van der Waals surface area (Å²) in [5.41, 5.74) is 2.49. The molecule has 4 heterocycles. The third-order valence-corrected chi connectivity index (χ3v) is 6.15. The molecule has 2 unspecified atom stereocenters. The molecule has 1 aromatic heterocycles. The highest BCUT2D eigenvalue weighted by molar-refractivity contribution is 6.05. The van der Waals surface area contributed by atoms with E-state index in [-0.39, 0.29) is 37.2 Å². The smallest absolute Gasteiger partial charge is 0.255 e. The summed E-state index contributed by atoms with van der Waals surface area (Å²) in [6.45, 7) is 0.834. The highest BCUT2D eigenvalue weighted by Gasteiger charge is 2.39. The quantitative estimate of drug-likeness (QED) is 0.615. The molecule has 0 saturated carbocycles. The van der Waals surface area contributed by atoms with E-state index < -0.39 is 18.1 Å². The second-order valence-electron chi connectivity index (χ2n) is 8.36. The molecule has 3 aliphatic heterocycles. The van der Waals surface area contributed by atoms with E-state index >= 15 is 0 Å². The summed E-state index contributed by atoms with van der Waals surface area (Å²) >= 11 is 0. The highest BCUT2D eigenvalue weighted by Crippen LogP contribution is 2.29. The summed E-state index contributed by atoms with van der Waals surface area (Å²) in [5, 5.41) is 20.3. The van der Waals surface area contributed by atoms with E-state index in [0.717, 1.165) is 5.56 Å². The van der Waals surface area contributed by atoms with Crippen LogP contribution in [0.15, 0.2) is 24.4 Å². The number of nitrogens with zero attached hydrogens (tertiary/aromatic N) is 5. The third-order valence-electron chi connectivity index (χ3n) is 6.15. The summed E-state index contributed by atoms with van der Waals surface area (Å²) in [7, 11) is 0. The minimum Gasteiger partial charge on any atom is -0.391 e. The molecule has 3 aliphatic rings. The van der Waals surface area contributed by atoms with Crippen LogP contribution in [0.5, 0.6) is 0 Å². The molecule has 11 nitrogen and oxygen atoms in total. The fourth-order valence-corrected chi connectivity index (χ4v) is 4.43. The van der Waals surface area contributed by atoms with E-state index in [9.17, 15) is 24.3 Å². The van der Waals surface area contributed by atoms with Crippen molar-refractivity contribution in [2.75, 3.05) is 6.54 Å². The van der Waals surface area contributed by atoms with Crippen molar-refractivity contribution in [1.82, 2.24) is 30.1 Å². The first-order valence-electron chi connectivity index (χ1n) is 10.5. The number of likely N-dealkylation sites (tertiary alicyclic amines) is 1. The monoisotopic (exact) mass is 438 g/mol. The summed E-state index contributed by atoms with van der Waals surface area (Å²) in [6.07, 6.45) is 2.46. The van der Waals surface area contributed by atoms with Gasteiger partial charge in [0.25, 0.3) is 5.91 Å². The molecule has 0 aliphatic carbocycles. The lowest BCUT2D eigenvalue weighted by Crippen LogP contribution is -2.52. The van der Waals surface area contributed by atoms with E-state index in [0.29, 0.717) is 42.8 Å². The maximum absolute atomic E-state index is 13.0. The number of hydrogen-bond acceptors (Lipinski definition) is 7. The Morgan fingerprint density at radius 3 is 2.78 bits per heavy atom. The summed E-state index contributed by atoms with van der Waals surface area (Å²) in [5.74, 6) is -1.05. The Hall–Kier alpha value is -3.60. The van der Waals surface area contributed by atoms with E-state index in [2.05, 4.69) is 15.6 Å². The fraction of sp³-hybridized carbons (Fsp3) is 0.429. The molecule has 0 bridgehead atoms. The van der Waals surface area contributed by atoms with Crippen LogP contribution < -0.4 is 5.32 Å². The lowest BCUT2D eigenvalue weighted by Gasteiger charge is -2.29. The zero-order chi connectivity index (χ0) is 22.4. The molecule has 5 rings (SSSR count). The van der Waals surface area contributed by atoms with Gasteiger partial charge in [0.15, 0.2) is 0 Å². The molecule has 166 valence electrons. The standard InChI is InChI=1S/C21H22N6O5/c28-15-3-6-19(30)25(11-15)9-13-10-27(24-23-13)14-2-1-12-8-26(21(32)16(12)7-14)17-4-5-18(29)22-20(17)31/h1-2,7,10,15,17,28H,3-6,8-9,11H2,(H,22,29,31). The van der Waals surface area contributed by atoms with Gasteiger partial charge >= 0.3 is 0 Å². The van der Waals surface area contributed by atoms with Crippen LogP contribution in [0.2, 0.25) is 0 Å². The van der Waals surface area contributed by atoms with Crippen molar-refractivity contribution in [2.45, 2.75) is 50.9 Å². The number of nitrogens with one attached hydrogen (secondary N) is 1. The summed E-state index contributed by atoms with van der Waals surface area (Å²) < 4.78 is 1.53. The normalized spacial score (nSPS) is 23.5. The Kier molecular flexibility index (Phi) is 4.97. The Balaban J connectivity index is 1.32. The van der Waals surface area contributed by atoms with Crippen LogP contribution in [-0.2, 0) is 27.5 Å². The van der Waals surface area contributed by atoms with Gasteiger partial charge in [-0.3, -0.25) is 24.5 Å². The average Bonchev–Trinajstić information content (AvgIpc) is 3.35. The molecule has 2 fully saturated rings. The van der Waals surface area contributed by atoms with E-state index in [1.165, 1.54) is 9.58 Å². The van der Waals surface area contributed by atoms with Crippen LogP contribution >= 0.6 is 0 Å². The predicted molar refractivity (Wildman–Crippen MR) is 108 cm³/mol. The van der Waals surface area contributed by atoms with E-state index in [4.69, 9.17) is 0 Å². The Labute approximate surface area is 183 Å². The van der Waals surface area contributed by atoms with Crippen molar-refractivity contribution in [3.05, 3.63) is 41.2 Å². The van der Waals surface area contributed by atoms with Crippen LogP contribution in [0, 0.1) is 0 Å². The average molecular weight is 438 g/mol. The number of benzene rings is 1. The van der Waals surface area contributed by atoms with Crippen molar-refractivity contribution in [2.24, 2.45) is 0 Å². The molecular weight excluding hydrogens is 416 g/mol. The van der Waals surface area contributed by atoms with Gasteiger partial charge in [-0.25, -0.2) is 4.68 Å². The molecule has 32 heavy (non-hydrogen) atoms. The largest absolute Gasteiger partial charge is 0.391 e. The SMILES string of the molecule is O=C1CCC(N2Cc3ccc(-n4cc(CN5CC(O)CCC5=O)nn4)cc3C2=O)C(=O)N1. The number of aromatic nitrogens is 3. The first kappa shape index (κ1) is 20.3. The fourth-order valence-electron chi connectivity index (χ4n) is 4.43. The molecule has 11 heteroatoms. The second kappa shape index (κ2) is 7.83. The molecule has 2 N–H and O–H groups in total. The van der Waals surface area contributed by atoms with Gasteiger partial charge in [-0.2, -0.15) is 0 Å². The number of β-amino-alcohol motifs (C(OH)–C–C–N with tert-alkyl or cyclic N) is 1. The molecule has 0 radical (unpaired) electrons. The number of fused-ring (bicyclic) bond motifs is 1. The van der Waals surface area contributed by atoms with Gasteiger partial charge in [-0.1, -0.05) is 11.3 Å². The summed E-state index contributed by atoms with van der Waals surface area (Å²) in [4.78, 5) is 51.7. The number of carbonyl (C=O) groups excluding carboxylic acids is 4. The molecule has 2 atom stereocenters. The number of amides is 4. The van der Waals surface area contributed by atoms with Crippen molar-refractivity contribution < 1.29 is 24.3 Å². The number of carbonyl (C=O) groups is 4. The van der Waals surface area contributed by atoms with Crippen molar-refractivity contribution in [1.29, 1.82) is 0 Å². The minimum absolute atomic E-state index is 0.0264. The second-order valence-corrected chi connectivity index (χ2v) is 8.36. The lowest BCUT2D eigenvalue weighted by molar-refractivity contribution is -0.138. The third kappa shape index (κ3) is 3.64. The minimum atomic E-state index is -0.661. The molecule has 1 aromatic carbocycles. The number of imide groups is 1. The van der Waals surface area contributed by atoms with Gasteiger partial charge in [0, 0.05) is 31.5 Å². The topological polar surface area (TPSA) is 138 Å². The Bertz CT molecular complexity index is 1130. The van der Waals surface area contributed by atoms with Gasteiger partial charge < -0.3 is 14.9 Å². The van der Waals surface area contributed by atoms with Crippen LogP contribution in [0.1, 0.15) is 47.3 Å². The highest BCUT2D eigenvalue weighted by atomic mass is 16.3. The number of rotatable bonds is 4. The molecule has 2 aromatic rings. The van der Waals surface area contributed by atoms with Crippen LogP contribution in [0.25, 0.3) is 5.69 Å². The summed E-state index contributed by atoms with van der Waals surface area (Å²) in [6, 6.07) is 4.68. The number of hydrogen-bond donors (Lipinski definition) is 2. The van der Waals surface area contributed by atoms with Gasteiger partial charge in [0.1, 0.15) is 11.7 Å². The van der Waals surface area contributed by atoms with Gasteiger partial charge in [-0.05, 0) is 30.5 Å². The molecule has 2 saturated heterocycles. The number of aliphatic hydroxyl groups is 1. The zero-order valence-corrected chi connectivity index (χ0v) is 17.2. The van der Waals surface area contributed by atoms with E-state index in [1.54, 1.807) is 17.2 Å². The molecule has 4 amide bonds. The van der Waals surface area contributed by atoms with Crippen LogP contribution in [-0.4, -0.2) is 72.2 Å². The maximum atomic E-state index is 13.0. The van der Waals surface area contributed by atoms with Crippen LogP contribution in [0.4, 0.5) is 0 Å². The van der Waals surface area contributed by atoms with Crippen molar-refractivity contribution in [3.63, 3.8) is 0 Å². The first-order chi connectivity index (χ1) is 15.4. The lowest BCUT2D eigenvalue weighted by atomic mass is 10.0. The molecular formula is C21H22N6O5. The zero-order valence-electron chi connectivity index (χ0n) is 17.2.